The van der Waals surface area contributed by atoms with E-state index in [1.807, 2.05) is 45.0 Å². The maximum atomic E-state index is 12.8. The predicted octanol–water partition coefficient (Wildman–Crippen LogP) is 5.68. The van der Waals surface area contributed by atoms with Crippen LogP contribution in [0.5, 0.6) is 0 Å². The molecule has 6 nitrogen and oxygen atoms in total. The molecule has 148 valence electrons. The highest BCUT2D eigenvalue weighted by Crippen LogP contribution is 2.30. The number of nitrogens with one attached hydrogen (secondary N) is 1. The molecule has 0 saturated heterocycles. The second-order valence-corrected chi connectivity index (χ2v) is 7.93. The van der Waals surface area contributed by atoms with Crippen molar-refractivity contribution in [3.8, 4) is 11.5 Å². The summed E-state index contributed by atoms with van der Waals surface area (Å²) in [6.07, 6.45) is 0. The summed E-state index contributed by atoms with van der Waals surface area (Å²) in [6, 6.07) is 15.2. The number of fused-ring (bicyclic) bond motifs is 2. The monoisotopic (exact) mass is 414 g/mol. The van der Waals surface area contributed by atoms with E-state index in [-0.39, 0.29) is 5.91 Å². The molecule has 1 N–H and O–H groups in total. The summed E-state index contributed by atoms with van der Waals surface area (Å²) in [5.74, 6) is 0.332. The minimum Gasteiger partial charge on any atom is -0.436 e. The van der Waals surface area contributed by atoms with E-state index < -0.39 is 0 Å². The lowest BCUT2D eigenvalue weighted by molar-refractivity contribution is 0.102. The zero-order valence-electron chi connectivity index (χ0n) is 16.7. The van der Waals surface area contributed by atoms with E-state index in [1.165, 1.54) is 0 Å². The van der Waals surface area contributed by atoms with Gasteiger partial charge in [-0.05, 0) is 73.9 Å². The first-order valence-corrected chi connectivity index (χ1v) is 10.2. The molecule has 7 heteroatoms. The molecule has 0 atom stereocenters. The zero-order valence-corrected chi connectivity index (χ0v) is 17.5. The third-order valence-electron chi connectivity index (χ3n) is 5.07. The minimum absolute atomic E-state index is 0.200. The number of carbonyl (C=O) groups is 1. The number of carbonyl (C=O) groups excluding carboxylic acids is 1. The lowest BCUT2D eigenvalue weighted by atomic mass is 10.1. The molecule has 2 heterocycles. The number of oxazole rings is 1. The second-order valence-electron chi connectivity index (χ2n) is 7.40. The highest BCUT2D eigenvalue weighted by molar-refractivity contribution is 7.00. The maximum Gasteiger partial charge on any atom is 0.255 e. The molecule has 3 aromatic carbocycles. The molecule has 2 aromatic heterocycles. The summed E-state index contributed by atoms with van der Waals surface area (Å²) in [5, 5.41) is 2.99. The van der Waals surface area contributed by atoms with Gasteiger partial charge in [-0.25, -0.2) is 4.98 Å². The van der Waals surface area contributed by atoms with Crippen LogP contribution in [0.3, 0.4) is 0 Å². The topological polar surface area (TPSA) is 80.9 Å². The lowest BCUT2D eigenvalue weighted by Gasteiger charge is -2.10. The van der Waals surface area contributed by atoms with Gasteiger partial charge in [-0.3, -0.25) is 4.79 Å². The van der Waals surface area contributed by atoms with Crippen LogP contribution in [0.25, 0.3) is 33.6 Å². The van der Waals surface area contributed by atoms with Gasteiger partial charge < -0.3 is 9.73 Å². The summed E-state index contributed by atoms with van der Waals surface area (Å²) in [4.78, 5) is 17.5. The Kier molecular flexibility index (Phi) is 4.33. The predicted molar refractivity (Wildman–Crippen MR) is 119 cm³/mol. The first-order chi connectivity index (χ1) is 14.5. The number of hydrogen-bond acceptors (Lipinski definition) is 6. The van der Waals surface area contributed by atoms with Crippen LogP contribution in [0.2, 0.25) is 0 Å². The van der Waals surface area contributed by atoms with Crippen molar-refractivity contribution in [2.75, 3.05) is 5.32 Å². The summed E-state index contributed by atoms with van der Waals surface area (Å²) >= 11 is 1.13. The Morgan fingerprint density at radius 3 is 2.60 bits per heavy atom. The number of nitrogens with zero attached hydrogens (tertiary/aromatic N) is 3. The van der Waals surface area contributed by atoms with Gasteiger partial charge in [0, 0.05) is 16.8 Å². The third-order valence-corrected chi connectivity index (χ3v) is 5.63. The van der Waals surface area contributed by atoms with E-state index in [2.05, 4.69) is 25.1 Å². The van der Waals surface area contributed by atoms with Crippen LogP contribution in [-0.2, 0) is 0 Å². The van der Waals surface area contributed by atoms with E-state index in [4.69, 9.17) is 4.42 Å². The van der Waals surface area contributed by atoms with Crippen molar-refractivity contribution < 1.29 is 9.21 Å². The average molecular weight is 414 g/mol. The molecule has 30 heavy (non-hydrogen) atoms. The molecule has 0 aliphatic carbocycles. The first-order valence-electron chi connectivity index (χ1n) is 9.50. The van der Waals surface area contributed by atoms with Crippen molar-refractivity contribution in [2.24, 2.45) is 0 Å². The third kappa shape index (κ3) is 3.23. The molecule has 1 amide bonds. The maximum absolute atomic E-state index is 12.8. The number of benzene rings is 3. The Bertz CT molecular complexity index is 1430. The highest BCUT2D eigenvalue weighted by Gasteiger charge is 2.14. The highest BCUT2D eigenvalue weighted by atomic mass is 32.1. The smallest absolute Gasteiger partial charge is 0.255 e. The van der Waals surface area contributed by atoms with Gasteiger partial charge in [0.15, 0.2) is 5.58 Å². The number of hydrogen-bond donors (Lipinski definition) is 1. The number of rotatable bonds is 3. The molecule has 0 aliphatic heterocycles. The largest absolute Gasteiger partial charge is 0.436 e. The molecular weight excluding hydrogens is 396 g/mol. The number of anilines is 1. The van der Waals surface area contributed by atoms with Crippen LogP contribution in [-0.4, -0.2) is 19.6 Å². The Morgan fingerprint density at radius 2 is 1.73 bits per heavy atom. The van der Waals surface area contributed by atoms with Crippen molar-refractivity contribution in [3.63, 3.8) is 0 Å². The standard InChI is InChI=1S/C23H18N4O2S/c1-12-8-14(3)21-20(9-12)25-23(29-21)16-5-4-13(2)18(11-16)24-22(28)15-6-7-17-19(10-15)27-30-26-17/h4-11H,1-3H3,(H,24,28). The number of amides is 1. The van der Waals surface area contributed by atoms with Crippen molar-refractivity contribution in [3.05, 3.63) is 70.8 Å². The quantitative estimate of drug-likeness (QED) is 0.411. The van der Waals surface area contributed by atoms with Gasteiger partial charge in [-0.1, -0.05) is 12.1 Å². The van der Waals surface area contributed by atoms with Crippen LogP contribution < -0.4 is 5.32 Å². The van der Waals surface area contributed by atoms with Gasteiger partial charge in [0.25, 0.3) is 5.91 Å². The van der Waals surface area contributed by atoms with Crippen LogP contribution in [0.4, 0.5) is 5.69 Å². The van der Waals surface area contributed by atoms with Gasteiger partial charge in [-0.15, -0.1) is 0 Å². The SMILES string of the molecule is Cc1cc(C)c2oc(-c3ccc(C)c(NC(=O)c4ccc5nsnc5c4)c3)nc2c1. The molecule has 0 spiro atoms. The van der Waals surface area contributed by atoms with Crippen molar-refractivity contribution in [2.45, 2.75) is 20.8 Å². The van der Waals surface area contributed by atoms with Crippen LogP contribution >= 0.6 is 11.7 Å². The summed E-state index contributed by atoms with van der Waals surface area (Å²) < 4.78 is 14.4. The van der Waals surface area contributed by atoms with Crippen molar-refractivity contribution >= 4 is 45.5 Å². The van der Waals surface area contributed by atoms with E-state index in [0.717, 1.165) is 56.1 Å². The van der Waals surface area contributed by atoms with Crippen LogP contribution in [0.1, 0.15) is 27.0 Å². The minimum atomic E-state index is -0.200. The summed E-state index contributed by atoms with van der Waals surface area (Å²) in [5.41, 5.74) is 8.32. The van der Waals surface area contributed by atoms with E-state index in [0.29, 0.717) is 17.1 Å². The molecule has 0 unspecified atom stereocenters. The van der Waals surface area contributed by atoms with Gasteiger partial charge in [-0.2, -0.15) is 8.75 Å². The normalized spacial score (nSPS) is 11.3. The average Bonchev–Trinajstić information content (AvgIpc) is 3.35. The summed E-state index contributed by atoms with van der Waals surface area (Å²) in [6.45, 7) is 6.01. The Morgan fingerprint density at radius 1 is 0.900 bits per heavy atom. The van der Waals surface area contributed by atoms with Crippen LogP contribution in [0, 0.1) is 20.8 Å². The summed E-state index contributed by atoms with van der Waals surface area (Å²) in [7, 11) is 0. The molecule has 0 aliphatic rings. The fourth-order valence-corrected chi connectivity index (χ4v) is 4.03. The Hall–Kier alpha value is -3.58. The fraction of sp³-hybridized carbons (Fsp3) is 0.130. The Balaban J connectivity index is 1.49. The van der Waals surface area contributed by atoms with Gasteiger partial charge >= 0.3 is 0 Å². The molecule has 0 radical (unpaired) electrons. The molecule has 0 saturated carbocycles. The number of aryl methyl sites for hydroxylation is 3. The Labute approximate surface area is 176 Å². The van der Waals surface area contributed by atoms with Gasteiger partial charge in [0.05, 0.1) is 11.7 Å². The molecule has 0 bridgehead atoms. The lowest BCUT2D eigenvalue weighted by Crippen LogP contribution is -2.12. The molecule has 0 fully saturated rings. The molecule has 5 aromatic rings. The molecule has 5 rings (SSSR count). The van der Waals surface area contributed by atoms with E-state index in [1.54, 1.807) is 18.2 Å². The second kappa shape index (κ2) is 7.03. The molecular formula is C23H18N4O2S. The van der Waals surface area contributed by atoms with Crippen LogP contribution in [0.15, 0.2) is 52.9 Å². The van der Waals surface area contributed by atoms with E-state index >= 15 is 0 Å². The van der Waals surface area contributed by atoms with Crippen molar-refractivity contribution in [1.29, 1.82) is 0 Å². The first kappa shape index (κ1) is 18.4. The number of aromatic nitrogens is 3. The fourth-order valence-electron chi connectivity index (χ4n) is 3.51. The van der Waals surface area contributed by atoms with Gasteiger partial charge in [0.2, 0.25) is 5.89 Å². The zero-order chi connectivity index (χ0) is 20.8. The van der Waals surface area contributed by atoms with E-state index in [9.17, 15) is 4.79 Å². The van der Waals surface area contributed by atoms with Crippen molar-refractivity contribution in [1.82, 2.24) is 13.7 Å². The van der Waals surface area contributed by atoms with Gasteiger partial charge in [0.1, 0.15) is 16.6 Å².